The summed E-state index contributed by atoms with van der Waals surface area (Å²) < 4.78 is 26.5. The highest BCUT2D eigenvalue weighted by atomic mass is 35.5. The number of nitrogens with zero attached hydrogens (tertiary/aromatic N) is 4. The minimum Gasteiger partial charge on any atom is -0.494 e. The zero-order chi connectivity index (χ0) is 26.6. The summed E-state index contributed by atoms with van der Waals surface area (Å²) in [5.74, 6) is 1.70. The first-order chi connectivity index (χ1) is 18.5. The van der Waals surface area contributed by atoms with Crippen molar-refractivity contribution in [3.8, 4) is 11.4 Å². The molecule has 2 aromatic carbocycles. The molecular formula is C28H30ClFN6O2. The Morgan fingerprint density at radius 2 is 1.97 bits per heavy atom. The number of fused-ring (bicyclic) bond motifs is 1. The van der Waals surface area contributed by atoms with Crippen LogP contribution in [0.25, 0.3) is 5.69 Å². The van der Waals surface area contributed by atoms with Crippen LogP contribution in [0, 0.1) is 5.82 Å². The molecule has 1 unspecified atom stereocenters. The number of methoxy groups -OCH3 is 2. The number of anilines is 3. The fourth-order valence-corrected chi connectivity index (χ4v) is 4.99. The topological polar surface area (TPSA) is 86.1 Å². The fraction of sp³-hybridized carbons (Fsp3) is 0.321. The number of hydrogen-bond acceptors (Lipinski definition) is 7. The molecule has 0 saturated carbocycles. The van der Waals surface area contributed by atoms with Gasteiger partial charge in [0.05, 0.1) is 31.1 Å². The molecule has 0 radical (unpaired) electrons. The van der Waals surface area contributed by atoms with Gasteiger partial charge in [0.15, 0.2) is 0 Å². The molecule has 2 atom stereocenters. The van der Waals surface area contributed by atoms with Crippen LogP contribution in [0.4, 0.5) is 21.8 Å². The van der Waals surface area contributed by atoms with Crippen LogP contribution in [0.1, 0.15) is 42.5 Å². The minimum atomic E-state index is -0.250. The highest BCUT2D eigenvalue weighted by molar-refractivity contribution is 6.29. The lowest BCUT2D eigenvalue weighted by Gasteiger charge is -2.20. The molecule has 4 aromatic rings. The lowest BCUT2D eigenvalue weighted by atomic mass is 9.97. The first-order valence-corrected chi connectivity index (χ1v) is 12.9. The van der Waals surface area contributed by atoms with Crippen LogP contribution in [0.5, 0.6) is 5.75 Å². The molecule has 0 spiro atoms. The maximum absolute atomic E-state index is 13.6. The van der Waals surface area contributed by atoms with Crippen LogP contribution in [0.2, 0.25) is 5.15 Å². The van der Waals surface area contributed by atoms with Gasteiger partial charge in [-0.3, -0.25) is 0 Å². The second-order valence-electron chi connectivity index (χ2n) is 9.22. The molecule has 1 aliphatic rings. The van der Waals surface area contributed by atoms with E-state index in [2.05, 4.69) is 22.5 Å². The summed E-state index contributed by atoms with van der Waals surface area (Å²) >= 11 is 6.00. The number of halogens is 2. The van der Waals surface area contributed by atoms with Crippen molar-refractivity contribution in [1.29, 1.82) is 0 Å². The SMILES string of the molecule is CC[C@H](COC)Nc1nc(Nc2ccc(-n3cnc(Cl)c3)c(OC)c2)nc2c1CCC2c1ccc(F)cc1. The van der Waals surface area contributed by atoms with Crippen molar-refractivity contribution in [1.82, 2.24) is 19.5 Å². The molecule has 1 aliphatic carbocycles. The molecule has 2 aromatic heterocycles. The third kappa shape index (κ3) is 5.44. The first-order valence-electron chi connectivity index (χ1n) is 12.6. The van der Waals surface area contributed by atoms with E-state index >= 15 is 0 Å². The molecule has 5 rings (SSSR count). The standard InChI is InChI=1S/C28H30ClFN6O2/c1-4-19(15-37-2)32-27-22-11-10-21(17-5-7-18(30)8-6-17)26(22)34-28(35-27)33-20-9-12-23(24(13-20)38-3)36-14-25(29)31-16-36/h5-9,12-14,16,19,21H,4,10-11,15H2,1-3H3,(H2,32,33,34,35)/t19-,21?/m1/s1. The van der Waals surface area contributed by atoms with Gasteiger partial charge in [-0.1, -0.05) is 30.7 Å². The number of ether oxygens (including phenoxy) is 2. The molecule has 0 amide bonds. The predicted octanol–water partition coefficient (Wildman–Crippen LogP) is 6.12. The van der Waals surface area contributed by atoms with Crippen LogP contribution < -0.4 is 15.4 Å². The highest BCUT2D eigenvalue weighted by Crippen LogP contribution is 2.41. The van der Waals surface area contributed by atoms with E-state index in [1.165, 1.54) is 12.1 Å². The molecule has 2 N–H and O–H groups in total. The number of rotatable bonds is 10. The van der Waals surface area contributed by atoms with Crippen LogP contribution in [0.3, 0.4) is 0 Å². The summed E-state index contributed by atoms with van der Waals surface area (Å²) in [4.78, 5) is 13.9. The lowest BCUT2D eigenvalue weighted by Crippen LogP contribution is -2.25. The Morgan fingerprint density at radius 1 is 1.16 bits per heavy atom. The first kappa shape index (κ1) is 25.9. The van der Waals surface area contributed by atoms with Crippen molar-refractivity contribution < 1.29 is 13.9 Å². The van der Waals surface area contributed by atoms with Gasteiger partial charge in [0, 0.05) is 36.5 Å². The summed E-state index contributed by atoms with van der Waals surface area (Å²) in [7, 11) is 3.31. The number of nitrogens with one attached hydrogen (secondary N) is 2. The average molecular weight is 537 g/mol. The van der Waals surface area contributed by atoms with Gasteiger partial charge >= 0.3 is 0 Å². The van der Waals surface area contributed by atoms with Crippen LogP contribution in [-0.4, -0.2) is 46.4 Å². The van der Waals surface area contributed by atoms with E-state index in [0.29, 0.717) is 23.5 Å². The minimum absolute atomic E-state index is 0.0557. The number of benzene rings is 2. The summed E-state index contributed by atoms with van der Waals surface area (Å²) in [6, 6.07) is 12.5. The Hall–Kier alpha value is -3.69. The average Bonchev–Trinajstić information content (AvgIpc) is 3.55. The van der Waals surface area contributed by atoms with Crippen LogP contribution in [0.15, 0.2) is 55.0 Å². The molecule has 0 aliphatic heterocycles. The van der Waals surface area contributed by atoms with Crippen molar-refractivity contribution >= 4 is 29.1 Å². The monoisotopic (exact) mass is 536 g/mol. The zero-order valence-electron chi connectivity index (χ0n) is 21.5. The van der Waals surface area contributed by atoms with Gasteiger partial charge in [-0.2, -0.15) is 4.98 Å². The molecule has 198 valence electrons. The number of hydrogen-bond donors (Lipinski definition) is 2. The van der Waals surface area contributed by atoms with Crippen molar-refractivity contribution in [2.75, 3.05) is 31.5 Å². The molecule has 8 nitrogen and oxygen atoms in total. The van der Waals surface area contributed by atoms with Crippen molar-refractivity contribution in [2.45, 2.75) is 38.1 Å². The highest BCUT2D eigenvalue weighted by Gasteiger charge is 2.30. The summed E-state index contributed by atoms with van der Waals surface area (Å²) in [5, 5.41) is 7.32. The Bertz CT molecular complexity index is 1410. The van der Waals surface area contributed by atoms with E-state index in [0.717, 1.165) is 53.3 Å². The van der Waals surface area contributed by atoms with Gasteiger partial charge in [0.2, 0.25) is 5.95 Å². The van der Waals surface area contributed by atoms with E-state index < -0.39 is 0 Å². The van der Waals surface area contributed by atoms with Gasteiger partial charge < -0.3 is 24.7 Å². The molecule has 0 fully saturated rings. The number of imidazole rings is 1. The Kier molecular flexibility index (Phi) is 7.76. The maximum Gasteiger partial charge on any atom is 0.229 e. The zero-order valence-corrected chi connectivity index (χ0v) is 22.3. The molecule has 38 heavy (non-hydrogen) atoms. The lowest BCUT2D eigenvalue weighted by molar-refractivity contribution is 0.184. The van der Waals surface area contributed by atoms with Crippen molar-refractivity contribution in [3.63, 3.8) is 0 Å². The predicted molar refractivity (Wildman–Crippen MR) is 147 cm³/mol. The van der Waals surface area contributed by atoms with Crippen LogP contribution in [-0.2, 0) is 11.2 Å². The maximum atomic E-state index is 13.6. The molecular weight excluding hydrogens is 507 g/mol. The molecule has 10 heteroatoms. The summed E-state index contributed by atoms with van der Waals surface area (Å²) in [6.07, 6.45) is 5.94. The molecule has 0 saturated heterocycles. The second kappa shape index (κ2) is 11.4. The summed E-state index contributed by atoms with van der Waals surface area (Å²) in [5.41, 5.74) is 4.64. The van der Waals surface area contributed by atoms with Gasteiger partial charge in [0.1, 0.15) is 28.9 Å². The molecule has 2 heterocycles. The third-order valence-corrected chi connectivity index (χ3v) is 6.99. The van der Waals surface area contributed by atoms with E-state index in [4.69, 9.17) is 31.0 Å². The smallest absolute Gasteiger partial charge is 0.229 e. The Balaban J connectivity index is 1.51. The van der Waals surface area contributed by atoms with Gasteiger partial charge in [-0.05, 0) is 49.1 Å². The van der Waals surface area contributed by atoms with E-state index in [9.17, 15) is 4.39 Å². The van der Waals surface area contributed by atoms with E-state index in [-0.39, 0.29) is 17.8 Å². The van der Waals surface area contributed by atoms with E-state index in [1.54, 1.807) is 31.3 Å². The Morgan fingerprint density at radius 3 is 2.66 bits per heavy atom. The molecule has 0 bridgehead atoms. The third-order valence-electron chi connectivity index (χ3n) is 6.79. The van der Waals surface area contributed by atoms with Gasteiger partial charge in [-0.25, -0.2) is 14.4 Å². The van der Waals surface area contributed by atoms with Gasteiger partial charge in [0.25, 0.3) is 0 Å². The summed E-state index contributed by atoms with van der Waals surface area (Å²) in [6.45, 7) is 2.68. The van der Waals surface area contributed by atoms with Crippen molar-refractivity contribution in [2.24, 2.45) is 0 Å². The van der Waals surface area contributed by atoms with Crippen molar-refractivity contribution in [3.05, 3.63) is 82.8 Å². The largest absolute Gasteiger partial charge is 0.494 e. The fourth-order valence-electron chi connectivity index (χ4n) is 4.84. The van der Waals surface area contributed by atoms with Crippen LogP contribution >= 0.6 is 11.6 Å². The Labute approximate surface area is 226 Å². The van der Waals surface area contributed by atoms with E-state index in [1.807, 2.05) is 30.3 Å². The normalized spacial score (nSPS) is 15.2. The number of aromatic nitrogens is 4. The quantitative estimate of drug-likeness (QED) is 0.252. The second-order valence-corrected chi connectivity index (χ2v) is 9.61. The van der Waals surface area contributed by atoms with Gasteiger partial charge in [-0.15, -0.1) is 0 Å².